The molecule has 0 bridgehead atoms. The summed E-state index contributed by atoms with van der Waals surface area (Å²) in [7, 11) is 0. The fourth-order valence-electron chi connectivity index (χ4n) is 1.14. The fraction of sp³-hybridized carbons (Fsp3) is 0.500. The van der Waals surface area contributed by atoms with Gasteiger partial charge < -0.3 is 25.3 Å². The second kappa shape index (κ2) is 6.60. The van der Waals surface area contributed by atoms with Gasteiger partial charge in [-0.25, -0.2) is 14.6 Å². The highest BCUT2D eigenvalue weighted by Crippen LogP contribution is 2.03. The first-order valence-electron chi connectivity index (χ1n) is 5.38. The number of carbonyl (C=O) groups excluding carboxylic acids is 1. The Kier molecular flexibility index (Phi) is 5.12. The molecule has 0 aliphatic heterocycles. The average Bonchev–Trinajstić information content (AvgIpc) is 2.81. The van der Waals surface area contributed by atoms with E-state index in [1.54, 1.807) is 6.20 Å². The van der Waals surface area contributed by atoms with E-state index in [-0.39, 0.29) is 6.54 Å². The first-order valence-corrected chi connectivity index (χ1v) is 5.38. The van der Waals surface area contributed by atoms with Gasteiger partial charge in [0, 0.05) is 6.42 Å². The number of nitrogens with zero attached hydrogens (tertiary/aromatic N) is 1. The third kappa shape index (κ3) is 4.06. The second-order valence-electron chi connectivity index (χ2n) is 3.47. The van der Waals surface area contributed by atoms with Gasteiger partial charge in [-0.15, -0.1) is 0 Å². The fourth-order valence-corrected chi connectivity index (χ4v) is 1.14. The van der Waals surface area contributed by atoms with Crippen LogP contribution < -0.4 is 10.6 Å². The molecule has 8 nitrogen and oxygen atoms in total. The summed E-state index contributed by atoms with van der Waals surface area (Å²) in [5.41, 5.74) is 0. The number of hydrogen-bond donors (Lipinski definition) is 4. The normalized spacial score (nSPS) is 11.9. The Labute approximate surface area is 103 Å². The summed E-state index contributed by atoms with van der Waals surface area (Å²) in [4.78, 5) is 25.8. The van der Waals surface area contributed by atoms with E-state index < -0.39 is 24.6 Å². The molecule has 4 N–H and O–H groups in total. The largest absolute Gasteiger partial charge is 0.480 e. The van der Waals surface area contributed by atoms with Gasteiger partial charge in [0.1, 0.15) is 5.76 Å². The monoisotopic (exact) mass is 257 g/mol. The topological polar surface area (TPSA) is 125 Å². The lowest BCUT2D eigenvalue weighted by Gasteiger charge is -2.11. The maximum atomic E-state index is 11.3. The van der Waals surface area contributed by atoms with Gasteiger partial charge in [0.15, 0.2) is 6.04 Å². The Bertz CT molecular complexity index is 417. The molecule has 0 saturated heterocycles. The van der Waals surface area contributed by atoms with E-state index in [1.807, 2.05) is 6.92 Å². The van der Waals surface area contributed by atoms with Crippen LogP contribution in [0.5, 0.6) is 0 Å². The highest BCUT2D eigenvalue weighted by atomic mass is 16.4. The molecule has 100 valence electrons. The van der Waals surface area contributed by atoms with Crippen molar-refractivity contribution in [1.82, 2.24) is 15.6 Å². The first-order chi connectivity index (χ1) is 8.56. The Balaban J connectivity index is 2.38. The maximum absolute atomic E-state index is 11.3. The third-order valence-electron chi connectivity index (χ3n) is 2.14. The van der Waals surface area contributed by atoms with Crippen LogP contribution in [0, 0.1) is 0 Å². The molecule has 1 atom stereocenters. The lowest BCUT2D eigenvalue weighted by Crippen LogP contribution is -2.47. The quantitative estimate of drug-likeness (QED) is 0.543. The Morgan fingerprint density at radius 2 is 2.28 bits per heavy atom. The number of hydrogen-bond acceptors (Lipinski definition) is 5. The van der Waals surface area contributed by atoms with E-state index in [9.17, 15) is 9.59 Å². The Hall–Kier alpha value is -2.09. The van der Waals surface area contributed by atoms with Gasteiger partial charge >= 0.3 is 12.0 Å². The lowest BCUT2D eigenvalue weighted by atomic mass is 10.3. The molecular weight excluding hydrogens is 242 g/mol. The van der Waals surface area contributed by atoms with Crippen molar-refractivity contribution >= 4 is 12.0 Å². The predicted octanol–water partition coefficient (Wildman–Crippen LogP) is -0.518. The zero-order valence-electron chi connectivity index (χ0n) is 9.84. The van der Waals surface area contributed by atoms with E-state index in [0.717, 1.165) is 0 Å². The van der Waals surface area contributed by atoms with Gasteiger partial charge in [-0.05, 0) is 0 Å². The van der Waals surface area contributed by atoms with Crippen LogP contribution in [0.1, 0.15) is 18.6 Å². The molecule has 8 heteroatoms. The summed E-state index contributed by atoms with van der Waals surface area (Å²) in [6, 6.07) is -2.05. The molecule has 0 spiro atoms. The van der Waals surface area contributed by atoms with Gasteiger partial charge in [0.2, 0.25) is 5.89 Å². The van der Waals surface area contributed by atoms with Crippen LogP contribution in [0.4, 0.5) is 4.79 Å². The van der Waals surface area contributed by atoms with E-state index >= 15 is 0 Å². The molecule has 0 aliphatic rings. The summed E-state index contributed by atoms with van der Waals surface area (Å²) in [6.45, 7) is 1.27. The number of aliphatic hydroxyl groups is 1. The molecule has 1 unspecified atom stereocenters. The van der Waals surface area contributed by atoms with Gasteiger partial charge in [-0.2, -0.15) is 0 Å². The standard InChI is InChI=1S/C10H15N3O5/c1-2-6-3-11-8(18-6)4-12-10(17)13-7(5-14)9(15)16/h3,7,14H,2,4-5H2,1H3,(H,15,16)(H2,12,13,17). The molecule has 1 aromatic rings. The third-order valence-corrected chi connectivity index (χ3v) is 2.14. The van der Waals surface area contributed by atoms with Crippen molar-refractivity contribution in [1.29, 1.82) is 0 Å². The van der Waals surface area contributed by atoms with Crippen molar-refractivity contribution in [2.24, 2.45) is 0 Å². The molecular formula is C10H15N3O5. The van der Waals surface area contributed by atoms with Crippen LogP contribution >= 0.6 is 0 Å². The van der Waals surface area contributed by atoms with E-state index in [0.29, 0.717) is 18.1 Å². The Morgan fingerprint density at radius 3 is 2.78 bits per heavy atom. The number of nitrogens with one attached hydrogen (secondary N) is 2. The summed E-state index contributed by atoms with van der Waals surface area (Å²) in [5.74, 6) is -0.277. The van der Waals surface area contributed by atoms with E-state index in [1.165, 1.54) is 0 Å². The summed E-state index contributed by atoms with van der Waals surface area (Å²) in [6.07, 6.45) is 2.26. The highest BCUT2D eigenvalue weighted by molar-refractivity contribution is 5.82. The molecule has 1 aromatic heterocycles. The van der Waals surface area contributed by atoms with Crippen molar-refractivity contribution in [2.75, 3.05) is 6.61 Å². The van der Waals surface area contributed by atoms with Crippen LogP contribution in [0.15, 0.2) is 10.6 Å². The smallest absolute Gasteiger partial charge is 0.328 e. The first kappa shape index (κ1) is 14.0. The van der Waals surface area contributed by atoms with Crippen molar-refractivity contribution in [3.8, 4) is 0 Å². The zero-order valence-corrected chi connectivity index (χ0v) is 9.84. The number of urea groups is 1. The number of carboxylic acid groups (broad SMARTS) is 1. The van der Waals surface area contributed by atoms with Crippen LogP contribution in [0.25, 0.3) is 0 Å². The van der Waals surface area contributed by atoms with Gasteiger partial charge in [0.25, 0.3) is 0 Å². The number of aryl methyl sites for hydroxylation is 1. The van der Waals surface area contributed by atoms with Crippen LogP contribution in [0.2, 0.25) is 0 Å². The molecule has 0 radical (unpaired) electrons. The van der Waals surface area contributed by atoms with Crippen molar-refractivity contribution < 1.29 is 24.2 Å². The number of rotatable bonds is 6. The molecule has 1 rings (SSSR count). The number of aliphatic carboxylic acids is 1. The molecule has 0 aromatic carbocycles. The minimum Gasteiger partial charge on any atom is -0.480 e. The summed E-state index contributed by atoms with van der Waals surface area (Å²) >= 11 is 0. The predicted molar refractivity (Wildman–Crippen MR) is 59.8 cm³/mol. The molecule has 18 heavy (non-hydrogen) atoms. The number of amides is 2. The number of carbonyl (C=O) groups is 2. The molecule has 0 aliphatic carbocycles. The van der Waals surface area contributed by atoms with E-state index in [4.69, 9.17) is 14.6 Å². The molecule has 0 fully saturated rings. The number of aromatic nitrogens is 1. The van der Waals surface area contributed by atoms with E-state index in [2.05, 4.69) is 15.6 Å². The molecule has 0 saturated carbocycles. The van der Waals surface area contributed by atoms with Crippen molar-refractivity contribution in [2.45, 2.75) is 25.9 Å². The van der Waals surface area contributed by atoms with Gasteiger partial charge in [0.05, 0.1) is 19.3 Å². The summed E-state index contributed by atoms with van der Waals surface area (Å²) < 4.78 is 5.24. The van der Waals surface area contributed by atoms with Crippen LogP contribution in [-0.4, -0.2) is 39.8 Å². The second-order valence-corrected chi connectivity index (χ2v) is 3.47. The minimum absolute atomic E-state index is 0.0452. The average molecular weight is 257 g/mol. The number of carboxylic acids is 1. The van der Waals surface area contributed by atoms with Crippen LogP contribution in [-0.2, 0) is 17.8 Å². The minimum atomic E-state index is -1.33. The van der Waals surface area contributed by atoms with Gasteiger partial charge in [-0.1, -0.05) is 6.92 Å². The molecule has 2 amide bonds. The lowest BCUT2D eigenvalue weighted by molar-refractivity contribution is -0.140. The SMILES string of the molecule is CCc1cnc(CNC(=O)NC(CO)C(=O)O)o1. The van der Waals surface area contributed by atoms with Gasteiger partial charge in [-0.3, -0.25) is 0 Å². The zero-order chi connectivity index (χ0) is 13.5. The number of aliphatic hydroxyl groups excluding tert-OH is 1. The van der Waals surface area contributed by atoms with Crippen LogP contribution in [0.3, 0.4) is 0 Å². The highest BCUT2D eigenvalue weighted by Gasteiger charge is 2.18. The molecule has 1 heterocycles. The number of oxazole rings is 1. The maximum Gasteiger partial charge on any atom is 0.328 e. The Morgan fingerprint density at radius 1 is 1.56 bits per heavy atom. The van der Waals surface area contributed by atoms with Crippen molar-refractivity contribution in [3.63, 3.8) is 0 Å². The summed E-state index contributed by atoms with van der Waals surface area (Å²) in [5, 5.41) is 21.8. The van der Waals surface area contributed by atoms with Crippen molar-refractivity contribution in [3.05, 3.63) is 17.8 Å².